The zero-order chi connectivity index (χ0) is 46.1. The molecule has 0 spiro atoms. The van der Waals surface area contributed by atoms with Gasteiger partial charge in [0.25, 0.3) is 11.8 Å². The van der Waals surface area contributed by atoms with E-state index >= 15 is 0 Å². The maximum atomic E-state index is 14.6. The molecule has 348 valence electrons. The molecule has 6 rings (SSSR count). The number of aromatic nitrogens is 2. The molecule has 4 N–H and O–H groups in total. The SMILES string of the molecule is COc1ccc2nc(C(F)(F)F)c(ON[C@@H]3C[C@H]4C(=O)N[C@]5(C(=O)NS(=O)(=O)C6CC6)C[C@H]5/C=C\CCCCCC(OC)C[C@H](NC(=O)OC(C)(C)C(F)(F)F)C(=O)N4C3)nc2c1. The Balaban J connectivity index is 1.34. The van der Waals surface area contributed by atoms with E-state index in [0.717, 1.165) is 4.90 Å². The van der Waals surface area contributed by atoms with Crippen molar-refractivity contribution >= 4 is 44.9 Å². The summed E-state index contributed by atoms with van der Waals surface area (Å²) < 4.78 is 127. The summed E-state index contributed by atoms with van der Waals surface area (Å²) in [5.41, 5.74) is -4.05. The van der Waals surface area contributed by atoms with Crippen molar-refractivity contribution in [2.75, 3.05) is 20.8 Å². The number of alkyl halides is 6. The number of fused-ring (bicyclic) bond motifs is 3. The second-order valence-corrected chi connectivity index (χ2v) is 18.6. The van der Waals surface area contributed by atoms with E-state index in [1.165, 1.54) is 32.4 Å². The van der Waals surface area contributed by atoms with Gasteiger partial charge in [-0.25, -0.2) is 23.2 Å². The van der Waals surface area contributed by atoms with Gasteiger partial charge in [-0.15, -0.1) is 5.48 Å². The van der Waals surface area contributed by atoms with Crippen LogP contribution >= 0.6 is 0 Å². The fourth-order valence-electron chi connectivity index (χ4n) is 7.47. The predicted octanol–water partition coefficient (Wildman–Crippen LogP) is 4.35. The van der Waals surface area contributed by atoms with Crippen LogP contribution in [0.4, 0.5) is 31.1 Å². The minimum atomic E-state index is -5.07. The minimum Gasteiger partial charge on any atom is -0.497 e. The number of methoxy groups -OCH3 is 2. The van der Waals surface area contributed by atoms with Gasteiger partial charge < -0.3 is 34.6 Å². The molecule has 63 heavy (non-hydrogen) atoms. The number of halogens is 6. The highest BCUT2D eigenvalue weighted by atomic mass is 32.2. The van der Waals surface area contributed by atoms with Gasteiger partial charge in [0.2, 0.25) is 33.1 Å². The monoisotopic (exact) mass is 921 g/mol. The van der Waals surface area contributed by atoms with Crippen molar-refractivity contribution in [1.82, 2.24) is 35.7 Å². The van der Waals surface area contributed by atoms with Gasteiger partial charge in [0.1, 0.15) is 23.4 Å². The maximum absolute atomic E-state index is 14.6. The third-order valence-corrected chi connectivity index (χ3v) is 13.3. The first kappa shape index (κ1) is 47.5. The van der Waals surface area contributed by atoms with Crippen LogP contribution in [0.15, 0.2) is 30.4 Å². The van der Waals surface area contributed by atoms with Crippen LogP contribution in [0.1, 0.15) is 83.7 Å². The van der Waals surface area contributed by atoms with Gasteiger partial charge in [-0.1, -0.05) is 25.0 Å². The maximum Gasteiger partial charge on any atom is 0.438 e. The molecule has 2 aliphatic carbocycles. The van der Waals surface area contributed by atoms with Gasteiger partial charge in [-0.05, 0) is 70.9 Å². The van der Waals surface area contributed by atoms with E-state index in [0.29, 0.717) is 58.8 Å². The first-order valence-electron chi connectivity index (χ1n) is 20.3. The Morgan fingerprint density at radius 1 is 0.968 bits per heavy atom. The number of hydrogen-bond donors (Lipinski definition) is 4. The first-order chi connectivity index (χ1) is 29.5. The van der Waals surface area contributed by atoms with E-state index in [4.69, 9.17) is 19.0 Å². The number of sulfonamides is 1. The summed E-state index contributed by atoms with van der Waals surface area (Å²) in [4.78, 5) is 69.9. The highest BCUT2D eigenvalue weighted by Crippen LogP contribution is 2.46. The number of nitrogens with one attached hydrogen (secondary N) is 4. The number of benzene rings is 1. The van der Waals surface area contributed by atoms with Crippen LogP contribution in [0.2, 0.25) is 0 Å². The molecule has 1 aromatic heterocycles. The molecule has 6 atom stereocenters. The Labute approximate surface area is 358 Å². The number of nitrogens with zero attached hydrogens (tertiary/aromatic N) is 3. The molecule has 2 aromatic rings. The molecule has 4 amide bonds. The van der Waals surface area contributed by atoms with Gasteiger partial charge in [0, 0.05) is 32.1 Å². The Morgan fingerprint density at radius 2 is 1.70 bits per heavy atom. The van der Waals surface area contributed by atoms with Crippen LogP contribution in [0, 0.1) is 5.92 Å². The molecule has 2 saturated carbocycles. The Hall–Kier alpha value is -4.97. The minimum absolute atomic E-state index is 0.0150. The summed E-state index contributed by atoms with van der Waals surface area (Å²) >= 11 is 0. The number of hydrogen-bond acceptors (Lipinski definition) is 13. The third-order valence-electron chi connectivity index (χ3n) is 11.5. The topological polar surface area (TPSA) is 216 Å². The summed E-state index contributed by atoms with van der Waals surface area (Å²) in [6, 6.07) is -0.482. The summed E-state index contributed by atoms with van der Waals surface area (Å²) in [5.74, 6) is -4.45. The quantitative estimate of drug-likeness (QED) is 0.148. The van der Waals surface area contributed by atoms with Gasteiger partial charge in [-0.3, -0.25) is 19.1 Å². The number of amides is 4. The zero-order valence-corrected chi connectivity index (χ0v) is 35.5. The van der Waals surface area contributed by atoms with E-state index < -0.39 is 117 Å². The molecule has 0 radical (unpaired) electrons. The van der Waals surface area contributed by atoms with Crippen LogP contribution in [0.3, 0.4) is 0 Å². The fraction of sp³-hybridized carbons (Fsp3) is 0.641. The van der Waals surface area contributed by atoms with Crippen molar-refractivity contribution in [1.29, 1.82) is 0 Å². The molecule has 24 heteroatoms. The lowest BCUT2D eigenvalue weighted by molar-refractivity contribution is -0.244. The lowest BCUT2D eigenvalue weighted by atomic mass is 10.0. The number of rotatable bonds is 10. The van der Waals surface area contributed by atoms with E-state index in [1.54, 1.807) is 6.08 Å². The molecule has 2 aliphatic heterocycles. The molecular weight excluding hydrogens is 873 g/mol. The Morgan fingerprint density at radius 3 is 2.35 bits per heavy atom. The number of carbonyl (C=O) groups is 4. The summed E-state index contributed by atoms with van der Waals surface area (Å²) in [6.07, 6.45) is -6.19. The molecule has 1 aromatic carbocycles. The summed E-state index contributed by atoms with van der Waals surface area (Å²) in [7, 11) is -1.41. The first-order valence-corrected chi connectivity index (χ1v) is 21.8. The van der Waals surface area contributed by atoms with E-state index in [-0.39, 0.29) is 29.6 Å². The number of ether oxygens (including phenoxy) is 3. The van der Waals surface area contributed by atoms with Crippen molar-refractivity contribution in [2.45, 2.75) is 131 Å². The second-order valence-electron chi connectivity index (χ2n) is 16.6. The van der Waals surface area contributed by atoms with Crippen LogP contribution in [0.25, 0.3) is 11.0 Å². The predicted molar refractivity (Wildman–Crippen MR) is 209 cm³/mol. The van der Waals surface area contributed by atoms with Gasteiger partial charge in [0.05, 0.1) is 35.5 Å². The van der Waals surface area contributed by atoms with Crippen LogP contribution < -0.4 is 30.4 Å². The fourth-order valence-corrected chi connectivity index (χ4v) is 8.83. The Kier molecular flexibility index (Phi) is 13.8. The summed E-state index contributed by atoms with van der Waals surface area (Å²) in [6.45, 7) is 0.700. The van der Waals surface area contributed by atoms with Crippen LogP contribution in [-0.2, 0) is 40.1 Å². The van der Waals surface area contributed by atoms with Crippen LogP contribution in [0.5, 0.6) is 11.6 Å². The molecular formula is C39H49F6N7O10S. The van der Waals surface area contributed by atoms with E-state index in [2.05, 4.69) is 30.8 Å². The number of carbonyl (C=O) groups excluding carboxylic acids is 4. The largest absolute Gasteiger partial charge is 0.497 e. The van der Waals surface area contributed by atoms with Crippen molar-refractivity contribution in [3.8, 4) is 11.6 Å². The van der Waals surface area contributed by atoms with Crippen molar-refractivity contribution in [3.05, 3.63) is 36.0 Å². The highest BCUT2D eigenvalue weighted by Gasteiger charge is 2.62. The number of allylic oxidation sites excluding steroid dienone is 1. The Bertz CT molecular complexity index is 2210. The zero-order valence-electron chi connectivity index (χ0n) is 34.7. The molecule has 17 nitrogen and oxygen atoms in total. The smallest absolute Gasteiger partial charge is 0.438 e. The molecule has 0 bridgehead atoms. The molecule has 3 fully saturated rings. The van der Waals surface area contributed by atoms with Crippen LogP contribution in [-0.4, -0.2) is 115 Å². The van der Waals surface area contributed by atoms with Gasteiger partial charge in [0.15, 0.2) is 0 Å². The lowest BCUT2D eigenvalue weighted by Crippen LogP contribution is -2.59. The molecule has 4 aliphatic rings. The average molecular weight is 922 g/mol. The molecule has 3 heterocycles. The average Bonchev–Trinajstić information content (AvgIpc) is 4.13. The normalized spacial score (nSPS) is 27.0. The second kappa shape index (κ2) is 18.3. The van der Waals surface area contributed by atoms with Crippen molar-refractivity contribution in [3.63, 3.8) is 0 Å². The third kappa shape index (κ3) is 11.0. The lowest BCUT2D eigenvalue weighted by Gasteiger charge is -2.32. The molecule has 1 saturated heterocycles. The standard InChI is InChI=1S/C39H49F6N7O10S/c1-36(2,39(43,44)45)61-35(56)48-28-18-23(59-3)11-9-7-5-6-8-10-21-19-37(21,34(55)51-63(57,58)25-13-14-25)49-31(53)29-16-22(20-52(29)33(28)54)50-62-32-30(38(40,41)42)46-26-15-12-24(60-4)17-27(26)47-32/h8,10,12,15,17,21-23,25,28-29,50H,5-7,9,11,13-14,16,18-20H2,1-4H3,(H,48,56)(H,49,53)(H,51,55)/b10-8-/t21-,22-,23?,28+,29+,37-/m1/s1. The van der Waals surface area contributed by atoms with Gasteiger partial charge in [-0.2, -0.15) is 26.3 Å². The van der Waals surface area contributed by atoms with Crippen molar-refractivity contribution in [2.24, 2.45) is 5.92 Å². The number of hydroxylamine groups is 1. The highest BCUT2D eigenvalue weighted by molar-refractivity contribution is 7.91. The van der Waals surface area contributed by atoms with E-state index in [9.17, 15) is 53.9 Å². The van der Waals surface area contributed by atoms with Crippen molar-refractivity contribution < 1.29 is 73.0 Å². The van der Waals surface area contributed by atoms with E-state index in [1.807, 2.05) is 6.08 Å². The molecule has 1 unspecified atom stereocenters. The van der Waals surface area contributed by atoms with Gasteiger partial charge >= 0.3 is 18.4 Å². The number of alkyl carbamates (subject to hydrolysis) is 1. The summed E-state index contributed by atoms with van der Waals surface area (Å²) in [5, 5.41) is 4.05.